The van der Waals surface area contributed by atoms with Crippen LogP contribution in [0.5, 0.6) is 0 Å². The number of aryl methyl sites for hydroxylation is 1. The fourth-order valence-electron chi connectivity index (χ4n) is 1.57. The molecule has 1 atom stereocenters. The van der Waals surface area contributed by atoms with Crippen molar-refractivity contribution >= 4 is 0 Å². The Hall–Kier alpha value is -0.960. The number of hydrogen-bond acceptors (Lipinski definition) is 1. The van der Waals surface area contributed by atoms with Gasteiger partial charge in [-0.15, -0.1) is 0 Å². The molecule has 0 saturated heterocycles. The second-order valence-corrected chi connectivity index (χ2v) is 4.91. The van der Waals surface area contributed by atoms with Crippen LogP contribution in [0.4, 0.5) is 8.78 Å². The average molecular weight is 227 g/mol. The molecule has 16 heavy (non-hydrogen) atoms. The summed E-state index contributed by atoms with van der Waals surface area (Å²) in [6.45, 7) is 7.41. The Morgan fingerprint density at radius 2 is 1.88 bits per heavy atom. The first-order chi connectivity index (χ1) is 7.31. The van der Waals surface area contributed by atoms with Gasteiger partial charge in [0.2, 0.25) is 0 Å². The maximum Gasteiger partial charge on any atom is 0.133 e. The third kappa shape index (κ3) is 2.24. The van der Waals surface area contributed by atoms with Gasteiger partial charge in [0.1, 0.15) is 11.6 Å². The smallest absolute Gasteiger partial charge is 0.133 e. The molecule has 0 bridgehead atoms. The lowest BCUT2D eigenvalue weighted by atomic mass is 9.78. The van der Waals surface area contributed by atoms with Gasteiger partial charge in [-0.1, -0.05) is 26.8 Å². The van der Waals surface area contributed by atoms with Gasteiger partial charge in [-0.3, -0.25) is 0 Å². The minimum atomic E-state index is -0.627. The molecule has 1 aromatic rings. The van der Waals surface area contributed by atoms with Crippen molar-refractivity contribution in [3.05, 3.63) is 34.9 Å². The normalized spacial score (nSPS) is 13.9. The van der Waals surface area contributed by atoms with Crippen LogP contribution < -0.4 is 5.73 Å². The standard InChI is InChI=1S/C13H19F2N/c1-5-13(3,4)12(16)10-9(14)7-6-8(2)11(10)15/h6-7,12H,5,16H2,1-4H3. The molecule has 0 aliphatic carbocycles. The average Bonchev–Trinajstić information content (AvgIpc) is 2.24. The maximum absolute atomic E-state index is 13.9. The number of benzene rings is 1. The van der Waals surface area contributed by atoms with E-state index < -0.39 is 17.7 Å². The number of nitrogens with two attached hydrogens (primary N) is 1. The highest BCUT2D eigenvalue weighted by atomic mass is 19.1. The van der Waals surface area contributed by atoms with Gasteiger partial charge in [0, 0.05) is 11.6 Å². The molecule has 1 unspecified atom stereocenters. The van der Waals surface area contributed by atoms with E-state index in [1.165, 1.54) is 12.1 Å². The van der Waals surface area contributed by atoms with Crippen LogP contribution in [-0.2, 0) is 0 Å². The third-order valence-electron chi connectivity index (χ3n) is 3.38. The molecule has 0 aliphatic heterocycles. The number of halogens is 2. The van der Waals surface area contributed by atoms with Gasteiger partial charge < -0.3 is 5.73 Å². The molecule has 3 heteroatoms. The van der Waals surface area contributed by atoms with Crippen LogP contribution in [0.3, 0.4) is 0 Å². The second-order valence-electron chi connectivity index (χ2n) is 4.91. The molecule has 0 spiro atoms. The Labute approximate surface area is 95.7 Å². The van der Waals surface area contributed by atoms with E-state index in [2.05, 4.69) is 0 Å². The van der Waals surface area contributed by atoms with Crippen LogP contribution in [0, 0.1) is 24.0 Å². The van der Waals surface area contributed by atoms with Gasteiger partial charge in [-0.25, -0.2) is 8.78 Å². The zero-order chi connectivity index (χ0) is 12.5. The van der Waals surface area contributed by atoms with Crippen LogP contribution >= 0.6 is 0 Å². The van der Waals surface area contributed by atoms with E-state index in [1.807, 2.05) is 20.8 Å². The monoisotopic (exact) mass is 227 g/mol. The van der Waals surface area contributed by atoms with Crippen LogP contribution in [0.2, 0.25) is 0 Å². The lowest BCUT2D eigenvalue weighted by Gasteiger charge is -2.31. The molecular formula is C13H19F2N. The van der Waals surface area contributed by atoms with Crippen molar-refractivity contribution in [3.8, 4) is 0 Å². The predicted octanol–water partition coefficient (Wildman–Crippen LogP) is 3.71. The summed E-state index contributed by atoms with van der Waals surface area (Å²) in [6, 6.07) is 2.08. The zero-order valence-corrected chi connectivity index (χ0v) is 10.3. The van der Waals surface area contributed by atoms with Crippen LogP contribution in [0.1, 0.15) is 44.4 Å². The Balaban J connectivity index is 3.28. The van der Waals surface area contributed by atoms with Crippen LogP contribution in [0.15, 0.2) is 12.1 Å². The van der Waals surface area contributed by atoms with E-state index in [1.54, 1.807) is 6.92 Å². The Kier molecular flexibility index (Phi) is 3.68. The van der Waals surface area contributed by atoms with E-state index in [0.29, 0.717) is 5.56 Å². The van der Waals surface area contributed by atoms with Crippen molar-refractivity contribution in [1.82, 2.24) is 0 Å². The minimum Gasteiger partial charge on any atom is -0.323 e. The van der Waals surface area contributed by atoms with E-state index >= 15 is 0 Å². The maximum atomic E-state index is 13.9. The van der Waals surface area contributed by atoms with Gasteiger partial charge >= 0.3 is 0 Å². The quantitative estimate of drug-likeness (QED) is 0.837. The molecule has 0 saturated carbocycles. The first kappa shape index (κ1) is 13.1. The van der Waals surface area contributed by atoms with Gasteiger partial charge in [0.15, 0.2) is 0 Å². The molecule has 0 aromatic heterocycles. The topological polar surface area (TPSA) is 26.0 Å². The fourth-order valence-corrected chi connectivity index (χ4v) is 1.57. The van der Waals surface area contributed by atoms with E-state index in [0.717, 1.165) is 6.42 Å². The van der Waals surface area contributed by atoms with E-state index in [4.69, 9.17) is 5.73 Å². The molecular weight excluding hydrogens is 208 g/mol. The first-order valence-electron chi connectivity index (χ1n) is 5.51. The van der Waals surface area contributed by atoms with Crippen molar-refractivity contribution in [2.45, 2.75) is 40.2 Å². The Bertz CT molecular complexity index is 386. The van der Waals surface area contributed by atoms with Crippen molar-refractivity contribution in [1.29, 1.82) is 0 Å². The third-order valence-corrected chi connectivity index (χ3v) is 3.38. The molecule has 0 fully saturated rings. The number of hydrogen-bond donors (Lipinski definition) is 1. The van der Waals surface area contributed by atoms with Crippen molar-refractivity contribution in [3.63, 3.8) is 0 Å². The highest BCUT2D eigenvalue weighted by Crippen LogP contribution is 2.37. The molecule has 0 radical (unpaired) electrons. The minimum absolute atomic E-state index is 0.00634. The molecule has 1 rings (SSSR count). The van der Waals surface area contributed by atoms with Gasteiger partial charge in [-0.05, 0) is 30.4 Å². The van der Waals surface area contributed by atoms with Gasteiger partial charge in [-0.2, -0.15) is 0 Å². The van der Waals surface area contributed by atoms with Crippen molar-refractivity contribution in [2.75, 3.05) is 0 Å². The summed E-state index contributed by atoms with van der Waals surface area (Å²) in [5.41, 5.74) is 6.09. The van der Waals surface area contributed by atoms with Crippen molar-refractivity contribution in [2.24, 2.45) is 11.1 Å². The molecule has 1 aromatic carbocycles. The second kappa shape index (κ2) is 4.50. The Morgan fingerprint density at radius 1 is 1.31 bits per heavy atom. The molecule has 0 heterocycles. The highest BCUT2D eigenvalue weighted by molar-refractivity contribution is 5.30. The largest absolute Gasteiger partial charge is 0.323 e. The van der Waals surface area contributed by atoms with Gasteiger partial charge in [0.25, 0.3) is 0 Å². The van der Waals surface area contributed by atoms with E-state index in [9.17, 15) is 8.78 Å². The SMILES string of the molecule is CCC(C)(C)C(N)c1c(F)ccc(C)c1F. The highest BCUT2D eigenvalue weighted by Gasteiger charge is 2.30. The zero-order valence-electron chi connectivity index (χ0n) is 10.3. The molecule has 90 valence electrons. The van der Waals surface area contributed by atoms with E-state index in [-0.39, 0.29) is 11.0 Å². The predicted molar refractivity (Wildman–Crippen MR) is 62.1 cm³/mol. The summed E-state index contributed by atoms with van der Waals surface area (Å²) >= 11 is 0. The first-order valence-corrected chi connectivity index (χ1v) is 5.51. The molecule has 1 nitrogen and oxygen atoms in total. The summed E-state index contributed by atoms with van der Waals surface area (Å²) in [7, 11) is 0. The summed E-state index contributed by atoms with van der Waals surface area (Å²) in [5, 5.41) is 0. The Morgan fingerprint density at radius 3 is 2.38 bits per heavy atom. The molecule has 2 N–H and O–H groups in total. The lowest BCUT2D eigenvalue weighted by Crippen LogP contribution is -2.30. The van der Waals surface area contributed by atoms with Crippen molar-refractivity contribution < 1.29 is 8.78 Å². The summed E-state index contributed by atoms with van der Waals surface area (Å²) < 4.78 is 27.5. The molecule has 0 amide bonds. The van der Waals surface area contributed by atoms with Gasteiger partial charge in [0.05, 0.1) is 0 Å². The van der Waals surface area contributed by atoms with Crippen LogP contribution in [0.25, 0.3) is 0 Å². The summed E-state index contributed by atoms with van der Waals surface area (Å²) in [5.74, 6) is -1.08. The summed E-state index contributed by atoms with van der Waals surface area (Å²) in [6.07, 6.45) is 0.765. The molecule has 0 aliphatic rings. The summed E-state index contributed by atoms with van der Waals surface area (Å²) in [4.78, 5) is 0. The lowest BCUT2D eigenvalue weighted by molar-refractivity contribution is 0.266. The fraction of sp³-hybridized carbons (Fsp3) is 0.538. The number of rotatable bonds is 3. The van der Waals surface area contributed by atoms with Crippen LogP contribution in [-0.4, -0.2) is 0 Å².